The van der Waals surface area contributed by atoms with Crippen molar-refractivity contribution in [1.29, 1.82) is 0 Å². The fourth-order valence-electron chi connectivity index (χ4n) is 3.17. The van der Waals surface area contributed by atoms with E-state index in [0.717, 1.165) is 18.6 Å². The lowest BCUT2D eigenvalue weighted by Crippen LogP contribution is -2.45. The molecule has 0 aromatic carbocycles. The van der Waals surface area contributed by atoms with E-state index in [2.05, 4.69) is 31.0 Å². The van der Waals surface area contributed by atoms with Crippen LogP contribution in [0.4, 0.5) is 0 Å². The molecule has 1 aliphatic rings. The summed E-state index contributed by atoms with van der Waals surface area (Å²) in [5.41, 5.74) is 0. The predicted molar refractivity (Wildman–Crippen MR) is 81.1 cm³/mol. The Morgan fingerprint density at radius 3 is 2.22 bits per heavy atom. The highest BCUT2D eigenvalue weighted by Gasteiger charge is 2.25. The van der Waals surface area contributed by atoms with Gasteiger partial charge in [0, 0.05) is 12.1 Å². The van der Waals surface area contributed by atoms with E-state index in [1.807, 2.05) is 0 Å². The minimum Gasteiger partial charge on any atom is -0.314 e. The molecule has 0 aromatic heterocycles. The standard InChI is InChI=1S/C16H34N2/c1-4-7-12-18(13-8-5-2)16-11-9-10-15(14-16)17-6-3/h15-17H,4-14H2,1-3H3. The fourth-order valence-corrected chi connectivity index (χ4v) is 3.17. The number of hydrogen-bond acceptors (Lipinski definition) is 2. The van der Waals surface area contributed by atoms with Crippen LogP contribution in [0.1, 0.15) is 72.1 Å². The molecule has 0 bridgehead atoms. The van der Waals surface area contributed by atoms with Crippen LogP contribution < -0.4 is 5.32 Å². The van der Waals surface area contributed by atoms with E-state index < -0.39 is 0 Å². The van der Waals surface area contributed by atoms with Crippen LogP contribution >= 0.6 is 0 Å². The maximum absolute atomic E-state index is 3.65. The zero-order valence-corrected chi connectivity index (χ0v) is 12.9. The first-order valence-electron chi connectivity index (χ1n) is 8.29. The van der Waals surface area contributed by atoms with E-state index in [1.54, 1.807) is 0 Å². The molecule has 0 saturated heterocycles. The average Bonchev–Trinajstić information content (AvgIpc) is 2.40. The third-order valence-corrected chi connectivity index (χ3v) is 4.25. The quantitative estimate of drug-likeness (QED) is 0.673. The van der Waals surface area contributed by atoms with E-state index in [1.165, 1.54) is 64.5 Å². The number of hydrogen-bond donors (Lipinski definition) is 1. The van der Waals surface area contributed by atoms with Crippen molar-refractivity contribution in [2.45, 2.75) is 84.2 Å². The largest absolute Gasteiger partial charge is 0.314 e. The SMILES string of the molecule is CCCCN(CCCC)C1CCCC(NCC)C1. The Kier molecular flexibility index (Phi) is 8.70. The molecule has 2 unspecified atom stereocenters. The second-order valence-electron chi connectivity index (χ2n) is 5.82. The highest BCUT2D eigenvalue weighted by Crippen LogP contribution is 2.24. The van der Waals surface area contributed by atoms with Gasteiger partial charge < -0.3 is 10.2 Å². The van der Waals surface area contributed by atoms with Crippen molar-refractivity contribution in [2.24, 2.45) is 0 Å². The van der Waals surface area contributed by atoms with Gasteiger partial charge in [0.05, 0.1) is 0 Å². The molecule has 0 aliphatic heterocycles. The second-order valence-corrected chi connectivity index (χ2v) is 5.82. The summed E-state index contributed by atoms with van der Waals surface area (Å²) in [4.78, 5) is 2.79. The van der Waals surface area contributed by atoms with Gasteiger partial charge in [-0.15, -0.1) is 0 Å². The highest BCUT2D eigenvalue weighted by molar-refractivity contribution is 4.83. The van der Waals surface area contributed by atoms with Crippen LogP contribution in [-0.4, -0.2) is 36.6 Å². The van der Waals surface area contributed by atoms with Gasteiger partial charge in [0.1, 0.15) is 0 Å². The zero-order chi connectivity index (χ0) is 13.2. The predicted octanol–water partition coefficient (Wildman–Crippen LogP) is 3.81. The van der Waals surface area contributed by atoms with Gasteiger partial charge in [0.25, 0.3) is 0 Å². The monoisotopic (exact) mass is 254 g/mol. The molecule has 1 fully saturated rings. The number of rotatable bonds is 9. The Hall–Kier alpha value is -0.0800. The minimum atomic E-state index is 0.777. The van der Waals surface area contributed by atoms with E-state index in [9.17, 15) is 0 Å². The summed E-state index contributed by atoms with van der Waals surface area (Å²) >= 11 is 0. The van der Waals surface area contributed by atoms with Gasteiger partial charge >= 0.3 is 0 Å². The molecular weight excluding hydrogens is 220 g/mol. The molecule has 0 radical (unpaired) electrons. The van der Waals surface area contributed by atoms with Crippen molar-refractivity contribution in [3.8, 4) is 0 Å². The molecule has 0 heterocycles. The average molecular weight is 254 g/mol. The normalized spacial score (nSPS) is 24.7. The number of nitrogens with zero attached hydrogens (tertiary/aromatic N) is 1. The van der Waals surface area contributed by atoms with Gasteiger partial charge in [-0.1, -0.05) is 40.0 Å². The molecule has 0 amide bonds. The summed E-state index contributed by atoms with van der Waals surface area (Å²) in [6, 6.07) is 1.63. The van der Waals surface area contributed by atoms with Crippen LogP contribution in [0.5, 0.6) is 0 Å². The summed E-state index contributed by atoms with van der Waals surface area (Å²) in [6.45, 7) is 10.6. The van der Waals surface area contributed by atoms with Crippen molar-refractivity contribution >= 4 is 0 Å². The van der Waals surface area contributed by atoms with Crippen molar-refractivity contribution in [3.63, 3.8) is 0 Å². The fraction of sp³-hybridized carbons (Fsp3) is 1.00. The van der Waals surface area contributed by atoms with Crippen LogP contribution in [0.3, 0.4) is 0 Å². The smallest absolute Gasteiger partial charge is 0.0110 e. The molecule has 1 saturated carbocycles. The summed E-state index contributed by atoms with van der Waals surface area (Å²) in [7, 11) is 0. The zero-order valence-electron chi connectivity index (χ0n) is 12.9. The summed E-state index contributed by atoms with van der Waals surface area (Å²) < 4.78 is 0. The lowest BCUT2D eigenvalue weighted by Gasteiger charge is -2.38. The molecule has 0 aromatic rings. The van der Waals surface area contributed by atoms with Crippen LogP contribution in [-0.2, 0) is 0 Å². The molecule has 2 heteroatoms. The van der Waals surface area contributed by atoms with Crippen LogP contribution in [0, 0.1) is 0 Å². The van der Waals surface area contributed by atoms with E-state index in [0.29, 0.717) is 0 Å². The molecule has 108 valence electrons. The van der Waals surface area contributed by atoms with Gasteiger partial charge in [0.15, 0.2) is 0 Å². The first-order chi connectivity index (χ1) is 8.81. The van der Waals surface area contributed by atoms with E-state index >= 15 is 0 Å². The number of nitrogens with one attached hydrogen (secondary N) is 1. The molecule has 2 nitrogen and oxygen atoms in total. The molecule has 1 rings (SSSR count). The minimum absolute atomic E-state index is 0.777. The molecule has 2 atom stereocenters. The summed E-state index contributed by atoms with van der Waals surface area (Å²) in [5, 5.41) is 3.65. The first-order valence-corrected chi connectivity index (χ1v) is 8.29. The Bertz CT molecular complexity index is 184. The summed E-state index contributed by atoms with van der Waals surface area (Å²) in [6.07, 6.45) is 11.0. The Morgan fingerprint density at radius 2 is 1.67 bits per heavy atom. The lowest BCUT2D eigenvalue weighted by molar-refractivity contribution is 0.136. The van der Waals surface area contributed by atoms with E-state index in [4.69, 9.17) is 0 Å². The first kappa shape index (κ1) is 16.0. The van der Waals surface area contributed by atoms with Gasteiger partial charge in [-0.05, 0) is 51.7 Å². The van der Waals surface area contributed by atoms with E-state index in [-0.39, 0.29) is 0 Å². The molecule has 1 aliphatic carbocycles. The molecular formula is C16H34N2. The van der Waals surface area contributed by atoms with Crippen molar-refractivity contribution in [3.05, 3.63) is 0 Å². The van der Waals surface area contributed by atoms with Crippen LogP contribution in [0.2, 0.25) is 0 Å². The Labute approximate surface area is 115 Å². The van der Waals surface area contributed by atoms with Crippen LogP contribution in [0.15, 0.2) is 0 Å². The van der Waals surface area contributed by atoms with Gasteiger partial charge in [0.2, 0.25) is 0 Å². The molecule has 0 spiro atoms. The summed E-state index contributed by atoms with van der Waals surface area (Å²) in [5.74, 6) is 0. The Balaban J connectivity index is 2.42. The van der Waals surface area contributed by atoms with Crippen molar-refractivity contribution in [1.82, 2.24) is 10.2 Å². The van der Waals surface area contributed by atoms with Crippen molar-refractivity contribution in [2.75, 3.05) is 19.6 Å². The maximum atomic E-state index is 3.65. The highest BCUT2D eigenvalue weighted by atomic mass is 15.2. The molecule has 1 N–H and O–H groups in total. The second kappa shape index (κ2) is 9.80. The third-order valence-electron chi connectivity index (χ3n) is 4.25. The van der Waals surface area contributed by atoms with Gasteiger partial charge in [-0.25, -0.2) is 0 Å². The number of unbranched alkanes of at least 4 members (excludes halogenated alkanes) is 2. The van der Waals surface area contributed by atoms with Gasteiger partial charge in [-0.3, -0.25) is 0 Å². The lowest BCUT2D eigenvalue weighted by atomic mass is 9.89. The Morgan fingerprint density at radius 1 is 1.00 bits per heavy atom. The van der Waals surface area contributed by atoms with Crippen molar-refractivity contribution < 1.29 is 0 Å². The van der Waals surface area contributed by atoms with Crippen LogP contribution in [0.25, 0.3) is 0 Å². The maximum Gasteiger partial charge on any atom is 0.0110 e. The third kappa shape index (κ3) is 5.71. The molecule has 18 heavy (non-hydrogen) atoms. The van der Waals surface area contributed by atoms with Gasteiger partial charge in [-0.2, -0.15) is 0 Å². The topological polar surface area (TPSA) is 15.3 Å².